The standard InChI is InChI=1S/C27H37N3O6/c1-17-9-10-21-18(2)24(33)30(25-27(21)20(17)11-13-26(3,34-25)35-36-27)14-12-22(31)29-16-23(32)28-15-19-7-5-4-6-8-19/h4-8,17-18,20-21,25H,9-16H2,1-3H3,(H,28,32)(H,29,31)/t17-,18+,20?,21?,25?,26-,27+/m0/s1. The predicted molar refractivity (Wildman–Crippen MR) is 130 cm³/mol. The Morgan fingerprint density at radius 2 is 1.81 bits per heavy atom. The summed E-state index contributed by atoms with van der Waals surface area (Å²) in [4.78, 5) is 52.1. The van der Waals surface area contributed by atoms with Gasteiger partial charge in [-0.15, -0.1) is 0 Å². The molecule has 9 nitrogen and oxygen atoms in total. The zero-order valence-electron chi connectivity index (χ0n) is 21.3. The Morgan fingerprint density at radius 1 is 1.03 bits per heavy atom. The molecular formula is C27H37N3O6. The third kappa shape index (κ3) is 4.41. The van der Waals surface area contributed by atoms with Crippen molar-refractivity contribution in [1.29, 1.82) is 0 Å². The molecule has 9 heteroatoms. The van der Waals surface area contributed by atoms with Crippen LogP contribution in [0.5, 0.6) is 0 Å². The maximum atomic E-state index is 13.5. The molecule has 3 amide bonds. The van der Waals surface area contributed by atoms with E-state index in [0.717, 1.165) is 24.8 Å². The molecule has 1 aliphatic carbocycles. The smallest absolute Gasteiger partial charge is 0.239 e. The number of carbonyl (C=O) groups is 3. The van der Waals surface area contributed by atoms with Crippen LogP contribution >= 0.6 is 0 Å². The summed E-state index contributed by atoms with van der Waals surface area (Å²) >= 11 is 0. The number of benzene rings is 1. The van der Waals surface area contributed by atoms with Crippen molar-refractivity contribution in [1.82, 2.24) is 15.5 Å². The van der Waals surface area contributed by atoms with E-state index in [0.29, 0.717) is 18.9 Å². The molecule has 196 valence electrons. The van der Waals surface area contributed by atoms with E-state index in [9.17, 15) is 14.4 Å². The van der Waals surface area contributed by atoms with Gasteiger partial charge in [0.25, 0.3) is 0 Å². The van der Waals surface area contributed by atoms with Crippen molar-refractivity contribution >= 4 is 17.7 Å². The number of amides is 3. The largest absolute Gasteiger partial charge is 0.350 e. The van der Waals surface area contributed by atoms with Crippen molar-refractivity contribution in [3.8, 4) is 0 Å². The van der Waals surface area contributed by atoms with E-state index in [1.54, 1.807) is 4.90 Å². The summed E-state index contributed by atoms with van der Waals surface area (Å²) in [5.41, 5.74) is 0.259. The number of nitrogens with one attached hydrogen (secondary N) is 2. The first-order valence-corrected chi connectivity index (χ1v) is 13.2. The van der Waals surface area contributed by atoms with E-state index in [-0.39, 0.29) is 55.0 Å². The molecule has 5 aliphatic rings. The third-order valence-corrected chi connectivity index (χ3v) is 8.72. The number of rotatable bonds is 7. The molecular weight excluding hydrogens is 462 g/mol. The van der Waals surface area contributed by atoms with E-state index in [4.69, 9.17) is 14.5 Å². The highest BCUT2D eigenvalue weighted by atomic mass is 17.3. The van der Waals surface area contributed by atoms with Gasteiger partial charge in [-0.25, -0.2) is 9.78 Å². The highest BCUT2D eigenvalue weighted by Gasteiger charge is 2.70. The van der Waals surface area contributed by atoms with E-state index < -0.39 is 17.6 Å². The number of nitrogens with zero attached hydrogens (tertiary/aromatic N) is 1. The Balaban J connectivity index is 1.23. The van der Waals surface area contributed by atoms with Gasteiger partial charge in [-0.3, -0.25) is 14.4 Å². The first-order valence-electron chi connectivity index (χ1n) is 13.2. The zero-order chi connectivity index (χ0) is 25.5. The number of ether oxygens (including phenoxy) is 1. The molecule has 4 saturated heterocycles. The molecule has 5 fully saturated rings. The van der Waals surface area contributed by atoms with Gasteiger partial charge in [0.2, 0.25) is 23.5 Å². The van der Waals surface area contributed by atoms with Crippen molar-refractivity contribution < 1.29 is 28.9 Å². The molecule has 7 atom stereocenters. The summed E-state index contributed by atoms with van der Waals surface area (Å²) in [5, 5.41) is 5.47. The van der Waals surface area contributed by atoms with Crippen molar-refractivity contribution in [2.45, 2.75) is 77.0 Å². The number of likely N-dealkylation sites (tertiary alicyclic amines) is 1. The SMILES string of the molecule is C[C@H]1CCC2[C@@H](C)C(=O)N(CCC(=O)NCC(=O)NCc3ccccc3)C3O[C@]4(C)CCC1[C@@]23OO4. The van der Waals surface area contributed by atoms with Crippen LogP contribution in [-0.4, -0.2) is 53.3 Å². The summed E-state index contributed by atoms with van der Waals surface area (Å²) in [6.07, 6.45) is 3.03. The van der Waals surface area contributed by atoms with Gasteiger partial charge in [0.1, 0.15) is 0 Å². The quantitative estimate of drug-likeness (QED) is 0.559. The lowest BCUT2D eigenvalue weighted by atomic mass is 9.57. The first-order chi connectivity index (χ1) is 17.2. The van der Waals surface area contributed by atoms with Crippen molar-refractivity contribution in [2.24, 2.45) is 23.7 Å². The van der Waals surface area contributed by atoms with E-state index >= 15 is 0 Å². The second-order valence-corrected chi connectivity index (χ2v) is 11.0. The average Bonchev–Trinajstić information content (AvgIpc) is 3.11. The summed E-state index contributed by atoms with van der Waals surface area (Å²) in [6.45, 7) is 6.55. The Labute approximate surface area is 212 Å². The lowest BCUT2D eigenvalue weighted by molar-refractivity contribution is -0.547. The Morgan fingerprint density at radius 3 is 2.58 bits per heavy atom. The van der Waals surface area contributed by atoms with E-state index in [1.807, 2.05) is 44.2 Å². The Hall–Kier alpha value is -2.49. The minimum atomic E-state index is -0.921. The maximum Gasteiger partial charge on any atom is 0.239 e. The third-order valence-electron chi connectivity index (χ3n) is 8.72. The fourth-order valence-electron chi connectivity index (χ4n) is 6.73. The van der Waals surface area contributed by atoms with Crippen molar-refractivity contribution in [2.75, 3.05) is 13.1 Å². The van der Waals surface area contributed by atoms with Gasteiger partial charge in [-0.2, -0.15) is 0 Å². The molecule has 36 heavy (non-hydrogen) atoms. The molecule has 1 aromatic carbocycles. The van der Waals surface area contributed by atoms with Gasteiger partial charge >= 0.3 is 0 Å². The second kappa shape index (κ2) is 9.76. The van der Waals surface area contributed by atoms with Crippen LogP contribution in [0.1, 0.15) is 58.4 Å². The number of carbonyl (C=O) groups excluding carboxylic acids is 3. The number of hydrogen-bond acceptors (Lipinski definition) is 6. The molecule has 2 bridgehead atoms. The van der Waals surface area contributed by atoms with E-state index in [2.05, 4.69) is 17.6 Å². The summed E-state index contributed by atoms with van der Waals surface area (Å²) in [7, 11) is 0. The monoisotopic (exact) mass is 499 g/mol. The van der Waals surface area contributed by atoms with Crippen LogP contribution < -0.4 is 10.6 Å². The van der Waals surface area contributed by atoms with Crippen LogP contribution in [0.15, 0.2) is 30.3 Å². The number of hydrogen-bond donors (Lipinski definition) is 2. The predicted octanol–water partition coefficient (Wildman–Crippen LogP) is 2.50. The highest BCUT2D eigenvalue weighted by molar-refractivity contribution is 5.85. The summed E-state index contributed by atoms with van der Waals surface area (Å²) < 4.78 is 6.48. The average molecular weight is 500 g/mol. The minimum Gasteiger partial charge on any atom is -0.350 e. The van der Waals surface area contributed by atoms with Crippen LogP contribution in [0.25, 0.3) is 0 Å². The fourth-order valence-corrected chi connectivity index (χ4v) is 6.73. The maximum absolute atomic E-state index is 13.5. The van der Waals surface area contributed by atoms with E-state index in [1.165, 1.54) is 0 Å². The molecule has 3 unspecified atom stereocenters. The fraction of sp³-hybridized carbons (Fsp3) is 0.667. The van der Waals surface area contributed by atoms with Gasteiger partial charge in [-0.05, 0) is 43.6 Å². The first kappa shape index (κ1) is 25.2. The van der Waals surface area contributed by atoms with Gasteiger partial charge in [0, 0.05) is 37.8 Å². The van der Waals surface area contributed by atoms with Crippen LogP contribution in [0.3, 0.4) is 0 Å². The highest BCUT2D eigenvalue weighted by Crippen LogP contribution is 2.60. The van der Waals surface area contributed by atoms with Gasteiger partial charge in [0.05, 0.1) is 6.54 Å². The Kier molecular flexibility index (Phi) is 6.82. The molecule has 1 saturated carbocycles. The normalized spacial score (nSPS) is 37.1. The second-order valence-electron chi connectivity index (χ2n) is 11.0. The molecule has 6 rings (SSSR count). The molecule has 0 radical (unpaired) electrons. The lowest BCUT2D eigenvalue weighted by Crippen LogP contribution is -2.75. The van der Waals surface area contributed by atoms with Crippen LogP contribution in [-0.2, 0) is 35.4 Å². The van der Waals surface area contributed by atoms with Crippen molar-refractivity contribution in [3.05, 3.63) is 35.9 Å². The number of fused-ring (bicyclic) bond motifs is 2. The zero-order valence-corrected chi connectivity index (χ0v) is 21.3. The topological polar surface area (TPSA) is 106 Å². The van der Waals surface area contributed by atoms with Crippen molar-refractivity contribution in [3.63, 3.8) is 0 Å². The van der Waals surface area contributed by atoms with Gasteiger partial charge in [-0.1, -0.05) is 44.2 Å². The summed E-state index contributed by atoms with van der Waals surface area (Å²) in [6, 6.07) is 9.58. The number of piperidine rings is 1. The molecule has 4 heterocycles. The Bertz CT molecular complexity index is 1000. The molecule has 0 aromatic heterocycles. The minimum absolute atomic E-state index is 0.0113. The van der Waals surface area contributed by atoms with Crippen LogP contribution in [0.4, 0.5) is 0 Å². The van der Waals surface area contributed by atoms with Gasteiger partial charge in [0.15, 0.2) is 11.8 Å². The molecule has 1 spiro atoms. The molecule has 4 aliphatic heterocycles. The van der Waals surface area contributed by atoms with Crippen LogP contribution in [0.2, 0.25) is 0 Å². The molecule has 2 N–H and O–H groups in total. The van der Waals surface area contributed by atoms with Gasteiger partial charge < -0.3 is 20.3 Å². The lowest BCUT2D eigenvalue weighted by Gasteiger charge is -2.61. The molecule has 1 aromatic rings. The summed E-state index contributed by atoms with van der Waals surface area (Å²) in [5.74, 6) is -1.09. The van der Waals surface area contributed by atoms with Crippen LogP contribution in [0, 0.1) is 23.7 Å².